The molecule has 0 radical (unpaired) electrons. The average Bonchev–Trinajstić information content (AvgIpc) is 2.39. The first-order valence-electron chi connectivity index (χ1n) is 7.16. The van der Waals surface area contributed by atoms with Crippen LogP contribution in [0.15, 0.2) is 4.90 Å². The molecule has 1 aliphatic rings. The van der Waals surface area contributed by atoms with Crippen LogP contribution in [0.3, 0.4) is 0 Å². The molecule has 4 nitrogen and oxygen atoms in total. The van der Waals surface area contributed by atoms with Crippen LogP contribution in [0.2, 0.25) is 0 Å². The van der Waals surface area contributed by atoms with Crippen LogP contribution in [0.4, 0.5) is 0 Å². The highest BCUT2D eigenvalue weighted by atomic mass is 32.2. The zero-order chi connectivity index (χ0) is 15.8. The van der Waals surface area contributed by atoms with Crippen molar-refractivity contribution >= 4 is 17.9 Å². The Hall–Kier alpha value is -1.20. The number of benzene rings is 1. The quantitative estimate of drug-likeness (QED) is 0.835. The molecule has 0 atom stereocenters. The van der Waals surface area contributed by atoms with Crippen LogP contribution >= 0.6 is 11.9 Å². The number of carboxylic acids is 1. The van der Waals surface area contributed by atoms with Crippen molar-refractivity contribution in [3.63, 3.8) is 0 Å². The Balaban J connectivity index is 2.37. The Labute approximate surface area is 130 Å². The highest BCUT2D eigenvalue weighted by molar-refractivity contribution is 7.97. The van der Waals surface area contributed by atoms with Gasteiger partial charge in [-0.25, -0.2) is 4.72 Å². The largest absolute Gasteiger partial charge is 0.487 e. The summed E-state index contributed by atoms with van der Waals surface area (Å²) in [7, 11) is 0. The molecule has 0 saturated heterocycles. The molecule has 2 N–H and O–H groups in total. The molecule has 0 bridgehead atoms. The predicted molar refractivity (Wildman–Crippen MR) is 85.2 cm³/mol. The van der Waals surface area contributed by atoms with Crippen LogP contribution in [0.25, 0.3) is 0 Å². The van der Waals surface area contributed by atoms with Crippen molar-refractivity contribution in [1.29, 1.82) is 0 Å². The maximum absolute atomic E-state index is 10.6. The Bertz CT molecular complexity index is 582. The monoisotopic (exact) mass is 309 g/mol. The van der Waals surface area contributed by atoms with E-state index in [1.165, 1.54) is 23.1 Å². The van der Waals surface area contributed by atoms with Gasteiger partial charge in [0.25, 0.3) is 0 Å². The number of ether oxygens (including phenoxy) is 1. The fraction of sp³-hybridized carbons (Fsp3) is 0.562. The van der Waals surface area contributed by atoms with Gasteiger partial charge in [-0.05, 0) is 81.7 Å². The van der Waals surface area contributed by atoms with Crippen molar-refractivity contribution in [2.75, 3.05) is 6.54 Å². The van der Waals surface area contributed by atoms with Gasteiger partial charge >= 0.3 is 5.97 Å². The van der Waals surface area contributed by atoms with Gasteiger partial charge in [-0.2, -0.15) is 0 Å². The summed E-state index contributed by atoms with van der Waals surface area (Å²) in [6.45, 7) is 10.4. The van der Waals surface area contributed by atoms with Crippen molar-refractivity contribution in [1.82, 2.24) is 4.72 Å². The SMILES string of the molecule is Cc1c(C)c(SNCC(=O)O)c(C)c2c1OC(C)(C)CC2. The lowest BCUT2D eigenvalue weighted by Crippen LogP contribution is -2.33. The van der Waals surface area contributed by atoms with Gasteiger partial charge in [-0.15, -0.1) is 0 Å². The maximum Gasteiger partial charge on any atom is 0.318 e. The zero-order valence-corrected chi connectivity index (χ0v) is 14.1. The summed E-state index contributed by atoms with van der Waals surface area (Å²) in [5.41, 5.74) is 4.66. The van der Waals surface area contributed by atoms with E-state index < -0.39 is 5.97 Å². The molecule has 5 heteroatoms. The second-order valence-corrected chi connectivity index (χ2v) is 7.09. The molecule has 1 aliphatic heterocycles. The van der Waals surface area contributed by atoms with Crippen LogP contribution in [-0.2, 0) is 11.2 Å². The van der Waals surface area contributed by atoms with Gasteiger partial charge in [0.05, 0.1) is 0 Å². The van der Waals surface area contributed by atoms with E-state index in [0.29, 0.717) is 0 Å². The lowest BCUT2D eigenvalue weighted by atomic mass is 9.88. The summed E-state index contributed by atoms with van der Waals surface area (Å²) < 4.78 is 9.10. The molecule has 0 aromatic heterocycles. The van der Waals surface area contributed by atoms with Crippen LogP contribution < -0.4 is 9.46 Å². The minimum Gasteiger partial charge on any atom is -0.487 e. The smallest absolute Gasteiger partial charge is 0.318 e. The van der Waals surface area contributed by atoms with Gasteiger partial charge in [0.1, 0.15) is 17.9 Å². The third kappa shape index (κ3) is 3.35. The number of carbonyl (C=O) groups is 1. The predicted octanol–water partition coefficient (Wildman–Crippen LogP) is 3.40. The third-order valence-electron chi connectivity index (χ3n) is 4.06. The molecule has 1 aromatic rings. The zero-order valence-electron chi connectivity index (χ0n) is 13.3. The molecule has 21 heavy (non-hydrogen) atoms. The Morgan fingerprint density at radius 2 is 1.95 bits per heavy atom. The summed E-state index contributed by atoms with van der Waals surface area (Å²) in [5, 5.41) is 8.74. The van der Waals surface area contributed by atoms with Crippen molar-refractivity contribution in [3.8, 4) is 5.75 Å². The minimum absolute atomic E-state index is 0.0524. The molecular formula is C16H23NO3S. The van der Waals surface area contributed by atoms with E-state index in [9.17, 15) is 4.79 Å². The summed E-state index contributed by atoms with van der Waals surface area (Å²) in [6, 6.07) is 0. The van der Waals surface area contributed by atoms with Crippen molar-refractivity contribution < 1.29 is 14.6 Å². The molecule has 0 aliphatic carbocycles. The van der Waals surface area contributed by atoms with Crippen LogP contribution in [0.5, 0.6) is 5.75 Å². The van der Waals surface area contributed by atoms with Gasteiger partial charge < -0.3 is 9.84 Å². The molecule has 0 amide bonds. The van der Waals surface area contributed by atoms with E-state index in [2.05, 4.69) is 39.3 Å². The molecule has 1 heterocycles. The topological polar surface area (TPSA) is 58.6 Å². The van der Waals surface area contributed by atoms with Gasteiger partial charge in [-0.1, -0.05) is 0 Å². The highest BCUT2D eigenvalue weighted by Gasteiger charge is 2.30. The molecule has 0 saturated carbocycles. The Kier molecular flexibility index (Phi) is 4.54. The summed E-state index contributed by atoms with van der Waals surface area (Å²) in [4.78, 5) is 11.8. The normalized spacial score (nSPS) is 16.2. The van der Waals surface area contributed by atoms with Crippen LogP contribution in [0, 0.1) is 20.8 Å². The first-order valence-corrected chi connectivity index (χ1v) is 7.97. The summed E-state index contributed by atoms with van der Waals surface area (Å²) in [6.07, 6.45) is 2.00. The van der Waals surface area contributed by atoms with Gasteiger partial charge in [0, 0.05) is 4.90 Å². The fourth-order valence-corrected chi connectivity index (χ4v) is 3.59. The summed E-state index contributed by atoms with van der Waals surface area (Å²) >= 11 is 1.40. The molecular weight excluding hydrogens is 286 g/mol. The molecule has 0 unspecified atom stereocenters. The van der Waals surface area contributed by atoms with Crippen LogP contribution in [-0.4, -0.2) is 23.2 Å². The number of hydrogen-bond acceptors (Lipinski definition) is 4. The third-order valence-corrected chi connectivity index (χ3v) is 5.17. The molecule has 1 aromatic carbocycles. The lowest BCUT2D eigenvalue weighted by molar-refractivity contribution is -0.135. The number of fused-ring (bicyclic) bond motifs is 1. The highest BCUT2D eigenvalue weighted by Crippen LogP contribution is 2.42. The lowest BCUT2D eigenvalue weighted by Gasteiger charge is -2.35. The van der Waals surface area contributed by atoms with E-state index in [1.54, 1.807) is 0 Å². The average molecular weight is 309 g/mol. The minimum atomic E-state index is -0.849. The maximum atomic E-state index is 10.6. The second kappa shape index (κ2) is 5.89. The van der Waals surface area contributed by atoms with Crippen LogP contribution in [0.1, 0.15) is 42.5 Å². The number of rotatable bonds is 4. The van der Waals surface area contributed by atoms with Crippen molar-refractivity contribution in [2.24, 2.45) is 0 Å². The van der Waals surface area contributed by atoms with Crippen molar-refractivity contribution in [3.05, 3.63) is 22.3 Å². The Morgan fingerprint density at radius 3 is 2.57 bits per heavy atom. The Morgan fingerprint density at radius 1 is 1.29 bits per heavy atom. The number of carboxylic acid groups (broad SMARTS) is 1. The van der Waals surface area contributed by atoms with E-state index >= 15 is 0 Å². The molecule has 2 rings (SSSR count). The number of nitrogens with one attached hydrogen (secondary N) is 1. The molecule has 0 spiro atoms. The van der Waals surface area contributed by atoms with Gasteiger partial charge in [-0.3, -0.25) is 4.79 Å². The van der Waals surface area contributed by atoms with Gasteiger partial charge in [0.15, 0.2) is 0 Å². The standard InChI is InChI=1S/C16H23NO3S/c1-9-10(2)15(21-17-8-13(18)19)11(3)12-6-7-16(4,5)20-14(9)12/h17H,6-8H2,1-5H3,(H,18,19). The number of hydrogen-bond donors (Lipinski definition) is 2. The molecule has 116 valence electrons. The first kappa shape index (κ1) is 16.2. The second-order valence-electron chi connectivity index (χ2n) is 6.19. The van der Waals surface area contributed by atoms with E-state index in [-0.39, 0.29) is 12.1 Å². The van der Waals surface area contributed by atoms with Crippen molar-refractivity contribution in [2.45, 2.75) is 58.0 Å². The molecule has 0 fully saturated rings. The van der Waals surface area contributed by atoms with Gasteiger partial charge in [0.2, 0.25) is 0 Å². The first-order chi connectivity index (χ1) is 9.73. The number of aliphatic carboxylic acids is 1. The fourth-order valence-electron chi connectivity index (χ4n) is 2.67. The summed E-state index contributed by atoms with van der Waals surface area (Å²) in [5.74, 6) is 0.168. The van der Waals surface area contributed by atoms with E-state index in [4.69, 9.17) is 9.84 Å². The van der Waals surface area contributed by atoms with E-state index in [1.807, 2.05) is 0 Å². The van der Waals surface area contributed by atoms with E-state index in [0.717, 1.165) is 34.6 Å².